The van der Waals surface area contributed by atoms with Gasteiger partial charge in [-0.3, -0.25) is 4.99 Å². The van der Waals surface area contributed by atoms with Crippen LogP contribution in [-0.4, -0.2) is 5.71 Å². The van der Waals surface area contributed by atoms with Gasteiger partial charge in [0.05, 0.1) is 11.4 Å². The van der Waals surface area contributed by atoms with Crippen molar-refractivity contribution in [2.75, 3.05) is 0 Å². The number of nitrogens with zero attached hydrogens (tertiary/aromatic N) is 1. The topological polar surface area (TPSA) is 12.4 Å². The summed E-state index contributed by atoms with van der Waals surface area (Å²) in [7, 11) is 0. The Bertz CT molecular complexity index is 571. The average Bonchev–Trinajstić information content (AvgIpc) is 2.90. The zero-order chi connectivity index (χ0) is 11.5. The number of allylic oxidation sites excluding steroid dienone is 1. The van der Waals surface area contributed by atoms with Crippen molar-refractivity contribution in [1.29, 1.82) is 0 Å². The predicted molar refractivity (Wildman–Crippen MR) is 72.0 cm³/mol. The first-order valence-corrected chi connectivity index (χ1v) is 5.82. The second kappa shape index (κ2) is 6.22. The fraction of sp³-hybridized carbons (Fsp3) is 0.0625. The molecular formula is C16H13NY. The quantitative estimate of drug-likeness (QED) is 0.797. The first-order valence-electron chi connectivity index (χ1n) is 5.82. The molecule has 0 atom stereocenters. The molecule has 0 fully saturated rings. The van der Waals surface area contributed by atoms with E-state index < -0.39 is 0 Å². The third-order valence-corrected chi connectivity index (χ3v) is 2.92. The number of benzene rings is 2. The van der Waals surface area contributed by atoms with Crippen LogP contribution < -0.4 is 0 Å². The Hall–Kier alpha value is -1.05. The Morgan fingerprint density at radius 3 is 1.89 bits per heavy atom. The fourth-order valence-corrected chi connectivity index (χ4v) is 2.03. The number of hydrogen-bond acceptors (Lipinski definition) is 1. The first-order chi connectivity index (χ1) is 8.43. The van der Waals surface area contributed by atoms with Gasteiger partial charge in [-0.05, 0) is 11.1 Å². The number of aliphatic imine (C=N–C) groups is 1. The molecule has 0 unspecified atom stereocenters. The fourth-order valence-electron chi connectivity index (χ4n) is 2.03. The summed E-state index contributed by atoms with van der Waals surface area (Å²) in [4.78, 5) is 4.71. The Kier molecular flexibility index (Phi) is 4.62. The van der Waals surface area contributed by atoms with E-state index in [1.165, 1.54) is 11.1 Å². The molecule has 0 aliphatic carbocycles. The molecule has 0 amide bonds. The molecule has 0 bridgehead atoms. The van der Waals surface area contributed by atoms with Crippen molar-refractivity contribution >= 4 is 11.4 Å². The second-order valence-electron chi connectivity index (χ2n) is 4.08. The molecule has 3 rings (SSSR count). The zero-order valence-electron chi connectivity index (χ0n) is 10.1. The molecule has 0 aromatic heterocycles. The van der Waals surface area contributed by atoms with Crippen molar-refractivity contribution in [3.8, 4) is 0 Å². The number of rotatable bonds is 2. The number of hydrogen-bond donors (Lipinski definition) is 0. The molecule has 0 saturated carbocycles. The van der Waals surface area contributed by atoms with E-state index >= 15 is 0 Å². The summed E-state index contributed by atoms with van der Waals surface area (Å²) in [5.41, 5.74) is 4.65. The molecule has 0 spiro atoms. The monoisotopic (exact) mass is 308 g/mol. The molecule has 1 heterocycles. The molecule has 2 aromatic carbocycles. The molecule has 85 valence electrons. The van der Waals surface area contributed by atoms with Gasteiger partial charge in [0.15, 0.2) is 0 Å². The van der Waals surface area contributed by atoms with Gasteiger partial charge in [-0.15, -0.1) is 0 Å². The summed E-state index contributed by atoms with van der Waals surface area (Å²) >= 11 is 0. The first kappa shape index (κ1) is 13.4. The largest absolute Gasteiger partial charge is 0.252 e. The van der Waals surface area contributed by atoms with Gasteiger partial charge in [0.2, 0.25) is 0 Å². The molecule has 2 aromatic rings. The van der Waals surface area contributed by atoms with E-state index in [0.717, 1.165) is 17.8 Å². The van der Waals surface area contributed by atoms with Crippen molar-refractivity contribution in [1.82, 2.24) is 0 Å². The van der Waals surface area contributed by atoms with Crippen LogP contribution in [0.3, 0.4) is 0 Å². The van der Waals surface area contributed by atoms with Gasteiger partial charge in [0, 0.05) is 39.1 Å². The summed E-state index contributed by atoms with van der Waals surface area (Å²) in [5.74, 6) is 0. The van der Waals surface area contributed by atoms with E-state index in [2.05, 4.69) is 42.5 Å². The summed E-state index contributed by atoms with van der Waals surface area (Å²) in [6.07, 6.45) is 3.12. The van der Waals surface area contributed by atoms with Gasteiger partial charge in [0.25, 0.3) is 0 Å². The molecule has 18 heavy (non-hydrogen) atoms. The SMILES string of the molecule is C1=C(c2ccccc2)N=C(c2ccccc2)C1.[Y]. The van der Waals surface area contributed by atoms with Gasteiger partial charge in [-0.25, -0.2) is 0 Å². The Labute approximate surface area is 133 Å². The third kappa shape index (κ3) is 2.85. The van der Waals surface area contributed by atoms with Gasteiger partial charge >= 0.3 is 0 Å². The summed E-state index contributed by atoms with van der Waals surface area (Å²) < 4.78 is 0. The maximum absolute atomic E-state index is 4.71. The smallest absolute Gasteiger partial charge is 0.0669 e. The van der Waals surface area contributed by atoms with E-state index in [4.69, 9.17) is 4.99 Å². The van der Waals surface area contributed by atoms with E-state index in [0.29, 0.717) is 0 Å². The van der Waals surface area contributed by atoms with Gasteiger partial charge < -0.3 is 0 Å². The normalized spacial score (nSPS) is 13.6. The Morgan fingerprint density at radius 1 is 0.722 bits per heavy atom. The maximum atomic E-state index is 4.71. The van der Waals surface area contributed by atoms with Crippen LogP contribution >= 0.6 is 0 Å². The summed E-state index contributed by atoms with van der Waals surface area (Å²) in [5, 5.41) is 0. The summed E-state index contributed by atoms with van der Waals surface area (Å²) in [6.45, 7) is 0. The van der Waals surface area contributed by atoms with Crippen LogP contribution in [0, 0.1) is 0 Å². The van der Waals surface area contributed by atoms with Crippen LogP contribution in [0.25, 0.3) is 5.70 Å². The minimum absolute atomic E-state index is 0. The molecule has 1 aliphatic rings. The van der Waals surface area contributed by atoms with E-state index in [1.807, 2.05) is 24.3 Å². The van der Waals surface area contributed by atoms with Crippen LogP contribution in [0.4, 0.5) is 0 Å². The maximum Gasteiger partial charge on any atom is 0.0669 e. The van der Waals surface area contributed by atoms with Gasteiger partial charge in [-0.1, -0.05) is 66.7 Å². The van der Waals surface area contributed by atoms with Crippen molar-refractivity contribution < 1.29 is 32.7 Å². The van der Waals surface area contributed by atoms with E-state index in [1.54, 1.807) is 0 Å². The molecule has 0 saturated heterocycles. The Morgan fingerprint density at radius 2 is 1.28 bits per heavy atom. The van der Waals surface area contributed by atoms with Crippen molar-refractivity contribution in [3.63, 3.8) is 0 Å². The van der Waals surface area contributed by atoms with Crippen molar-refractivity contribution in [2.24, 2.45) is 4.99 Å². The minimum atomic E-state index is 0. The second-order valence-corrected chi connectivity index (χ2v) is 4.08. The van der Waals surface area contributed by atoms with Gasteiger partial charge in [-0.2, -0.15) is 0 Å². The molecular weight excluding hydrogens is 295 g/mol. The summed E-state index contributed by atoms with van der Waals surface area (Å²) in [6, 6.07) is 20.7. The molecule has 1 radical (unpaired) electrons. The van der Waals surface area contributed by atoms with E-state index in [-0.39, 0.29) is 32.7 Å². The predicted octanol–water partition coefficient (Wildman–Crippen LogP) is 3.92. The molecule has 2 heteroatoms. The van der Waals surface area contributed by atoms with Crippen LogP contribution in [-0.2, 0) is 32.7 Å². The van der Waals surface area contributed by atoms with Crippen molar-refractivity contribution in [2.45, 2.75) is 6.42 Å². The van der Waals surface area contributed by atoms with Crippen LogP contribution in [0.2, 0.25) is 0 Å². The third-order valence-electron chi connectivity index (χ3n) is 2.92. The van der Waals surface area contributed by atoms with Crippen LogP contribution in [0.15, 0.2) is 71.7 Å². The molecule has 1 nitrogen and oxygen atoms in total. The van der Waals surface area contributed by atoms with Crippen LogP contribution in [0.1, 0.15) is 17.5 Å². The average molecular weight is 308 g/mol. The zero-order valence-corrected chi connectivity index (χ0v) is 12.9. The Balaban J connectivity index is 0.00000120. The molecule has 1 aliphatic heterocycles. The van der Waals surface area contributed by atoms with Crippen molar-refractivity contribution in [3.05, 3.63) is 77.9 Å². The van der Waals surface area contributed by atoms with E-state index in [9.17, 15) is 0 Å². The van der Waals surface area contributed by atoms with Gasteiger partial charge in [0.1, 0.15) is 0 Å². The standard InChI is InChI=1S/C16H13N.Y/c1-3-7-13(8-4-1)15-11-12-16(17-15)14-9-5-2-6-10-14;/h1-11H,12H2;. The minimum Gasteiger partial charge on any atom is -0.252 e. The van der Waals surface area contributed by atoms with Crippen LogP contribution in [0.5, 0.6) is 0 Å². The molecule has 0 N–H and O–H groups in total.